The number of rotatable bonds is 3. The predicted octanol–water partition coefficient (Wildman–Crippen LogP) is 2.59. The molecule has 4 nitrogen and oxygen atoms in total. The van der Waals surface area contributed by atoms with Gasteiger partial charge in [0.15, 0.2) is 0 Å². The van der Waals surface area contributed by atoms with E-state index in [4.69, 9.17) is 16.7 Å². The minimum atomic E-state index is -1.60. The highest BCUT2D eigenvalue weighted by atomic mass is 35.5. The van der Waals surface area contributed by atoms with E-state index >= 15 is 0 Å². The second kappa shape index (κ2) is 5.01. The van der Waals surface area contributed by atoms with Crippen LogP contribution in [0.3, 0.4) is 0 Å². The second-order valence-electron chi connectivity index (χ2n) is 3.57. The van der Waals surface area contributed by atoms with Gasteiger partial charge in [-0.2, -0.15) is 0 Å². The van der Waals surface area contributed by atoms with Gasteiger partial charge in [0.2, 0.25) is 0 Å². The molecule has 0 heterocycles. The van der Waals surface area contributed by atoms with E-state index in [0.717, 1.165) is 5.56 Å². The number of aliphatic hydroxyl groups excluding tert-OH is 1. The van der Waals surface area contributed by atoms with Gasteiger partial charge in [-0.3, -0.25) is 4.79 Å². The Morgan fingerprint density at radius 1 is 1.24 bits per heavy atom. The predicted molar refractivity (Wildman–Crippen MR) is 64.1 cm³/mol. The van der Waals surface area contributed by atoms with Crippen molar-refractivity contribution in [2.24, 2.45) is 0 Å². The second-order valence-corrected chi connectivity index (χ2v) is 3.98. The summed E-state index contributed by atoms with van der Waals surface area (Å²) in [7, 11) is 0. The van der Waals surface area contributed by atoms with Crippen molar-refractivity contribution in [3.63, 3.8) is 0 Å². The number of carboxylic acid groups (broad SMARTS) is 1. The van der Waals surface area contributed by atoms with E-state index in [1.165, 1.54) is 13.0 Å². The Hall–Kier alpha value is -1.81. The van der Waals surface area contributed by atoms with Crippen molar-refractivity contribution in [1.82, 2.24) is 0 Å². The molecular weight excluding hydrogens is 244 g/mol. The number of aliphatic carboxylic acids is 1. The summed E-state index contributed by atoms with van der Waals surface area (Å²) in [6.07, 6.45) is 0. The summed E-state index contributed by atoms with van der Waals surface area (Å²) in [4.78, 5) is 21.6. The Morgan fingerprint density at radius 2 is 1.82 bits per heavy atom. The third-order valence-corrected chi connectivity index (χ3v) is 2.75. The molecule has 0 aromatic heterocycles. The molecule has 0 aliphatic rings. The van der Waals surface area contributed by atoms with Gasteiger partial charge in [-0.15, -0.1) is 0 Å². The molecular formula is C12H11ClO4. The van der Waals surface area contributed by atoms with Crippen molar-refractivity contribution in [2.75, 3.05) is 0 Å². The topological polar surface area (TPSA) is 74.6 Å². The lowest BCUT2D eigenvalue weighted by Gasteiger charge is -2.06. The highest BCUT2D eigenvalue weighted by Gasteiger charge is 2.18. The SMILES string of the molecule is C/C(C(=O)C(=O)O)=C(/O)c1ccc(Cl)c(C)c1. The Morgan fingerprint density at radius 3 is 2.29 bits per heavy atom. The van der Waals surface area contributed by atoms with Gasteiger partial charge in [-0.1, -0.05) is 11.6 Å². The zero-order valence-electron chi connectivity index (χ0n) is 9.32. The average Bonchev–Trinajstić information content (AvgIpc) is 2.29. The summed E-state index contributed by atoms with van der Waals surface area (Å²) < 4.78 is 0. The number of aryl methyl sites for hydroxylation is 1. The molecule has 1 aromatic rings. The van der Waals surface area contributed by atoms with Crippen molar-refractivity contribution in [3.05, 3.63) is 39.9 Å². The van der Waals surface area contributed by atoms with Crippen molar-refractivity contribution in [1.29, 1.82) is 0 Å². The quantitative estimate of drug-likeness (QED) is 0.494. The molecule has 1 aromatic carbocycles. The summed E-state index contributed by atoms with van der Waals surface area (Å²) in [5.41, 5.74) is 0.879. The van der Waals surface area contributed by atoms with Crippen LogP contribution in [0.25, 0.3) is 5.76 Å². The molecule has 0 saturated heterocycles. The van der Waals surface area contributed by atoms with E-state index in [2.05, 4.69) is 0 Å². The summed E-state index contributed by atoms with van der Waals surface area (Å²) in [6, 6.07) is 4.67. The van der Waals surface area contributed by atoms with Crippen molar-refractivity contribution in [3.8, 4) is 0 Å². The normalized spacial score (nSPS) is 11.9. The molecule has 0 fully saturated rings. The van der Waals surface area contributed by atoms with E-state index in [0.29, 0.717) is 10.6 Å². The zero-order chi connectivity index (χ0) is 13.2. The monoisotopic (exact) mass is 254 g/mol. The van der Waals surface area contributed by atoms with Crippen molar-refractivity contribution >= 4 is 29.1 Å². The average molecular weight is 255 g/mol. The van der Waals surface area contributed by atoms with Crippen molar-refractivity contribution in [2.45, 2.75) is 13.8 Å². The highest BCUT2D eigenvalue weighted by Crippen LogP contribution is 2.22. The number of hydrogen-bond acceptors (Lipinski definition) is 3. The number of aliphatic hydroxyl groups is 1. The van der Waals surface area contributed by atoms with E-state index in [-0.39, 0.29) is 11.3 Å². The Balaban J connectivity index is 3.23. The lowest BCUT2D eigenvalue weighted by atomic mass is 10.0. The van der Waals surface area contributed by atoms with Crippen LogP contribution in [0.1, 0.15) is 18.1 Å². The van der Waals surface area contributed by atoms with Crippen LogP contribution >= 0.6 is 11.6 Å². The van der Waals surface area contributed by atoms with Gasteiger partial charge in [0, 0.05) is 16.2 Å². The Kier molecular flexibility index (Phi) is 3.91. The first kappa shape index (κ1) is 13.3. The molecule has 0 radical (unpaired) electrons. The molecule has 0 spiro atoms. The van der Waals surface area contributed by atoms with Crippen LogP contribution in [-0.4, -0.2) is 22.0 Å². The summed E-state index contributed by atoms with van der Waals surface area (Å²) >= 11 is 5.82. The molecule has 1 rings (SSSR count). The maximum absolute atomic E-state index is 11.2. The van der Waals surface area contributed by atoms with Gasteiger partial charge in [0.1, 0.15) is 5.76 Å². The van der Waals surface area contributed by atoms with Crippen LogP contribution < -0.4 is 0 Å². The van der Waals surface area contributed by atoms with E-state index in [1.54, 1.807) is 19.1 Å². The van der Waals surface area contributed by atoms with Gasteiger partial charge >= 0.3 is 5.97 Å². The van der Waals surface area contributed by atoms with Crippen LogP contribution in [0.15, 0.2) is 23.8 Å². The van der Waals surface area contributed by atoms with E-state index in [1.807, 2.05) is 0 Å². The minimum absolute atomic E-state index is 0.209. The zero-order valence-corrected chi connectivity index (χ0v) is 10.1. The Labute approximate surface area is 103 Å². The van der Waals surface area contributed by atoms with E-state index < -0.39 is 11.8 Å². The molecule has 0 bridgehead atoms. The maximum atomic E-state index is 11.2. The first-order chi connectivity index (χ1) is 7.84. The van der Waals surface area contributed by atoms with Gasteiger partial charge < -0.3 is 10.2 Å². The minimum Gasteiger partial charge on any atom is -0.507 e. The van der Waals surface area contributed by atoms with Gasteiger partial charge in [-0.25, -0.2) is 4.79 Å². The molecule has 0 aliphatic carbocycles. The lowest BCUT2D eigenvalue weighted by Crippen LogP contribution is -2.14. The molecule has 90 valence electrons. The maximum Gasteiger partial charge on any atom is 0.377 e. The number of Topliss-reactive ketones (excluding diaryl/α,β-unsaturated/α-hetero) is 1. The molecule has 0 atom stereocenters. The van der Waals surface area contributed by atoms with Crippen LogP contribution in [0.4, 0.5) is 0 Å². The van der Waals surface area contributed by atoms with E-state index in [9.17, 15) is 14.7 Å². The van der Waals surface area contributed by atoms with Crippen LogP contribution in [0, 0.1) is 6.92 Å². The number of ketones is 1. The largest absolute Gasteiger partial charge is 0.507 e. The third-order valence-electron chi connectivity index (χ3n) is 2.32. The number of carboxylic acids is 1. The summed E-state index contributed by atoms with van der Waals surface area (Å²) in [5, 5.41) is 18.8. The van der Waals surface area contributed by atoms with Gasteiger partial charge in [-0.05, 0) is 37.6 Å². The van der Waals surface area contributed by atoms with Gasteiger partial charge in [0.05, 0.1) is 0 Å². The fourth-order valence-electron chi connectivity index (χ4n) is 1.28. The van der Waals surface area contributed by atoms with Crippen LogP contribution in [0.2, 0.25) is 5.02 Å². The smallest absolute Gasteiger partial charge is 0.377 e. The molecule has 17 heavy (non-hydrogen) atoms. The first-order valence-electron chi connectivity index (χ1n) is 4.78. The summed E-state index contributed by atoms with van der Waals surface area (Å²) in [6.45, 7) is 3.00. The summed E-state index contributed by atoms with van der Waals surface area (Å²) in [5.74, 6) is -3.08. The fourth-order valence-corrected chi connectivity index (χ4v) is 1.39. The molecule has 0 unspecified atom stereocenters. The molecule has 2 N–H and O–H groups in total. The number of halogens is 1. The first-order valence-corrected chi connectivity index (χ1v) is 5.16. The van der Waals surface area contributed by atoms with Crippen LogP contribution in [0.5, 0.6) is 0 Å². The molecule has 0 amide bonds. The Bertz CT molecular complexity index is 517. The van der Waals surface area contributed by atoms with Crippen LogP contribution in [-0.2, 0) is 9.59 Å². The lowest BCUT2D eigenvalue weighted by molar-refractivity contribution is -0.147. The van der Waals surface area contributed by atoms with Gasteiger partial charge in [0.25, 0.3) is 5.78 Å². The number of benzene rings is 1. The molecule has 5 heteroatoms. The third kappa shape index (κ3) is 2.85. The standard InChI is InChI=1S/C12H11ClO4/c1-6-5-8(3-4-9(6)13)10(14)7(2)11(15)12(16)17/h3-5,14H,1-2H3,(H,16,17)/b10-7-. The number of carbonyl (C=O) groups is 2. The number of hydrogen-bond donors (Lipinski definition) is 2. The molecule has 0 saturated carbocycles. The fraction of sp³-hybridized carbons (Fsp3) is 0.167. The highest BCUT2D eigenvalue weighted by molar-refractivity contribution is 6.40. The van der Waals surface area contributed by atoms with Crippen molar-refractivity contribution < 1.29 is 19.8 Å². The number of carbonyl (C=O) groups excluding carboxylic acids is 1. The molecule has 0 aliphatic heterocycles.